The average Bonchev–Trinajstić information content (AvgIpc) is 2.76. The van der Waals surface area contributed by atoms with Gasteiger partial charge in [0.2, 0.25) is 5.91 Å². The molecule has 1 N–H and O–H groups in total. The van der Waals surface area contributed by atoms with E-state index in [1.54, 1.807) is 13.8 Å². The summed E-state index contributed by atoms with van der Waals surface area (Å²) in [6.45, 7) is 6.64. The average molecular weight is 328 g/mol. The minimum absolute atomic E-state index is 0. The summed E-state index contributed by atoms with van der Waals surface area (Å²) < 4.78 is 11.2. The number of halogens is 1. The lowest BCUT2D eigenvalue weighted by Crippen LogP contribution is -2.53. The van der Waals surface area contributed by atoms with Crippen LogP contribution in [0.3, 0.4) is 0 Å². The smallest absolute Gasteiger partial charge is 0.285 e. The van der Waals surface area contributed by atoms with Crippen molar-refractivity contribution in [2.45, 2.75) is 39.5 Å². The molecule has 0 radical (unpaired) electrons. The van der Waals surface area contributed by atoms with Crippen molar-refractivity contribution in [1.82, 2.24) is 4.90 Å². The number of hydrogen-bond donors (Lipinski definition) is 1. The topological polar surface area (TPSA) is 62.9 Å². The zero-order valence-corrected chi connectivity index (χ0v) is 14.0. The fourth-order valence-corrected chi connectivity index (χ4v) is 2.54. The van der Waals surface area contributed by atoms with Crippen molar-refractivity contribution in [3.8, 4) is 5.95 Å². The molecule has 5 nitrogen and oxygen atoms in total. The van der Waals surface area contributed by atoms with Gasteiger partial charge in [0.15, 0.2) is 0 Å². The number of aliphatic hydroxyl groups is 1. The summed E-state index contributed by atoms with van der Waals surface area (Å²) >= 11 is 0. The molecule has 1 atom stereocenters. The maximum absolute atomic E-state index is 11.7. The number of rotatable bonds is 5. The summed E-state index contributed by atoms with van der Waals surface area (Å²) in [5.41, 5.74) is -0.478. The number of amides is 1. The van der Waals surface area contributed by atoms with Crippen molar-refractivity contribution in [3.63, 3.8) is 0 Å². The third-order valence-corrected chi connectivity index (χ3v) is 3.24. The van der Waals surface area contributed by atoms with E-state index in [9.17, 15) is 9.90 Å². The molecule has 2 rings (SSSR count). The summed E-state index contributed by atoms with van der Waals surface area (Å²) in [7, 11) is 0. The molecule has 0 aliphatic heterocycles. The molecule has 0 spiro atoms. The number of benzene rings is 1. The van der Waals surface area contributed by atoms with E-state index in [-0.39, 0.29) is 31.0 Å². The minimum atomic E-state index is -1.23. The zero-order chi connectivity index (χ0) is 15.6. The van der Waals surface area contributed by atoms with Crippen LogP contribution in [0.4, 0.5) is 0 Å². The van der Waals surface area contributed by atoms with Crippen LogP contribution in [0.1, 0.15) is 27.7 Å². The van der Waals surface area contributed by atoms with Crippen LogP contribution in [-0.4, -0.2) is 34.3 Å². The molecule has 0 aliphatic rings. The number of nitrogens with zero attached hydrogens (tertiary/aromatic N) is 1. The van der Waals surface area contributed by atoms with E-state index >= 15 is 0 Å². The molecule has 0 aliphatic carbocycles. The fraction of sp³-hybridized carbons (Fsp3) is 0.438. The lowest BCUT2D eigenvalue weighted by atomic mass is 10.2. The van der Waals surface area contributed by atoms with Gasteiger partial charge in [0.05, 0.1) is 6.04 Å². The molecule has 1 aromatic heterocycles. The van der Waals surface area contributed by atoms with Gasteiger partial charge in [-0.05, 0) is 26.8 Å². The molecule has 122 valence electrons. The zero-order valence-electron chi connectivity index (χ0n) is 13.2. The molecule has 0 bridgehead atoms. The maximum Gasteiger partial charge on any atom is 0.285 e. The van der Waals surface area contributed by atoms with E-state index in [1.807, 2.05) is 37.3 Å². The van der Waals surface area contributed by atoms with E-state index in [0.29, 0.717) is 5.95 Å². The highest BCUT2D eigenvalue weighted by Crippen LogP contribution is 2.25. The predicted octanol–water partition coefficient (Wildman–Crippen LogP) is 3.20. The minimum Gasteiger partial charge on any atom is -0.463 e. The van der Waals surface area contributed by atoms with Crippen LogP contribution in [0.5, 0.6) is 5.95 Å². The second-order valence-electron chi connectivity index (χ2n) is 5.65. The predicted molar refractivity (Wildman–Crippen MR) is 87.2 cm³/mol. The Hall–Kier alpha value is -1.72. The van der Waals surface area contributed by atoms with Crippen molar-refractivity contribution in [1.29, 1.82) is 0 Å². The molecule has 6 heteroatoms. The third kappa shape index (κ3) is 4.15. The first-order chi connectivity index (χ1) is 9.79. The van der Waals surface area contributed by atoms with Gasteiger partial charge < -0.3 is 19.2 Å². The van der Waals surface area contributed by atoms with Gasteiger partial charge in [0.1, 0.15) is 17.9 Å². The molecule has 2 aromatic rings. The van der Waals surface area contributed by atoms with E-state index < -0.39 is 5.72 Å². The number of fused-ring (bicyclic) bond motifs is 1. The summed E-state index contributed by atoms with van der Waals surface area (Å²) in [5.74, 6) is 0.200. The molecule has 0 saturated carbocycles. The molecule has 1 aromatic carbocycles. The van der Waals surface area contributed by atoms with Gasteiger partial charge in [0.25, 0.3) is 5.95 Å². The molecule has 22 heavy (non-hydrogen) atoms. The van der Waals surface area contributed by atoms with Crippen molar-refractivity contribution in [2.24, 2.45) is 0 Å². The Morgan fingerprint density at radius 2 is 2.05 bits per heavy atom. The van der Waals surface area contributed by atoms with Crippen molar-refractivity contribution < 1.29 is 19.1 Å². The van der Waals surface area contributed by atoms with E-state index in [2.05, 4.69) is 0 Å². The first-order valence-electron chi connectivity index (χ1n) is 6.92. The first kappa shape index (κ1) is 18.3. The molecule has 0 fully saturated rings. The molecule has 1 unspecified atom stereocenters. The molecule has 1 amide bonds. The van der Waals surface area contributed by atoms with Gasteiger partial charge in [0, 0.05) is 18.4 Å². The summed E-state index contributed by atoms with van der Waals surface area (Å²) in [4.78, 5) is 13.1. The van der Waals surface area contributed by atoms with Gasteiger partial charge in [-0.1, -0.05) is 18.2 Å². The van der Waals surface area contributed by atoms with Crippen LogP contribution in [0, 0.1) is 0 Å². The fourth-order valence-electron chi connectivity index (χ4n) is 2.54. The Morgan fingerprint density at radius 3 is 2.59 bits per heavy atom. The number of hydrogen-bond acceptors (Lipinski definition) is 4. The Bertz CT molecular complexity index is 599. The number of furan rings is 1. The Kier molecular flexibility index (Phi) is 5.85. The molecule has 1 heterocycles. The normalized spacial score (nSPS) is 12.6. The van der Waals surface area contributed by atoms with Crippen LogP contribution in [0.2, 0.25) is 0 Å². The van der Waals surface area contributed by atoms with Crippen LogP contribution in [0.25, 0.3) is 11.0 Å². The molecular weight excluding hydrogens is 306 g/mol. The number of carbonyl (C=O) groups is 1. The van der Waals surface area contributed by atoms with Gasteiger partial charge >= 0.3 is 0 Å². The maximum atomic E-state index is 11.7. The van der Waals surface area contributed by atoms with Gasteiger partial charge in [-0.3, -0.25) is 4.79 Å². The van der Waals surface area contributed by atoms with E-state index in [0.717, 1.165) is 11.0 Å². The lowest BCUT2D eigenvalue weighted by molar-refractivity contribution is -0.158. The third-order valence-electron chi connectivity index (χ3n) is 3.24. The number of para-hydroxylation sites is 1. The van der Waals surface area contributed by atoms with E-state index in [1.165, 1.54) is 11.8 Å². The molecular formula is C16H22ClNO4. The highest BCUT2D eigenvalue weighted by Gasteiger charge is 2.30. The van der Waals surface area contributed by atoms with Crippen LogP contribution in [-0.2, 0) is 4.79 Å². The second kappa shape index (κ2) is 7.03. The Balaban J connectivity index is 0.00000242. The highest BCUT2D eigenvalue weighted by molar-refractivity contribution is 5.85. The van der Waals surface area contributed by atoms with Crippen molar-refractivity contribution >= 4 is 29.3 Å². The Morgan fingerprint density at radius 1 is 1.41 bits per heavy atom. The standard InChI is InChI=1S/C16H21NO4.ClH/c1-11(17(12(2)18)16(3,4)19)10-20-15-9-13-7-5-6-8-14(13)21-15;/h5-9,11,19H,10H2,1-4H3;1H. The van der Waals surface area contributed by atoms with Crippen LogP contribution < -0.4 is 4.74 Å². The summed E-state index contributed by atoms with van der Waals surface area (Å²) in [5, 5.41) is 11.0. The number of ether oxygens (including phenoxy) is 1. The first-order valence-corrected chi connectivity index (χ1v) is 6.92. The number of carbonyl (C=O) groups excluding carboxylic acids is 1. The summed E-state index contributed by atoms with van der Waals surface area (Å²) in [6.07, 6.45) is 0. The van der Waals surface area contributed by atoms with Gasteiger partial charge in [-0.2, -0.15) is 0 Å². The van der Waals surface area contributed by atoms with E-state index in [4.69, 9.17) is 9.15 Å². The van der Waals surface area contributed by atoms with Gasteiger partial charge in [-0.15, -0.1) is 12.4 Å². The van der Waals surface area contributed by atoms with Crippen molar-refractivity contribution in [2.75, 3.05) is 6.61 Å². The SMILES string of the molecule is CC(=O)N(C(C)COc1cc2ccccc2o1)C(C)(C)O.Cl. The van der Waals surface area contributed by atoms with Crippen molar-refractivity contribution in [3.05, 3.63) is 30.3 Å². The Labute approximate surface area is 136 Å². The quantitative estimate of drug-likeness (QED) is 0.857. The monoisotopic (exact) mass is 327 g/mol. The van der Waals surface area contributed by atoms with Crippen LogP contribution in [0.15, 0.2) is 34.7 Å². The summed E-state index contributed by atoms with van der Waals surface area (Å²) in [6, 6.07) is 9.15. The van der Waals surface area contributed by atoms with Gasteiger partial charge in [-0.25, -0.2) is 0 Å². The highest BCUT2D eigenvalue weighted by atomic mass is 35.5. The lowest BCUT2D eigenvalue weighted by Gasteiger charge is -2.37. The second-order valence-corrected chi connectivity index (χ2v) is 5.65. The van der Waals surface area contributed by atoms with Crippen LogP contribution >= 0.6 is 12.4 Å². The molecule has 0 saturated heterocycles. The largest absolute Gasteiger partial charge is 0.463 e.